The number of phosphoric ester groups is 1. The fraction of sp³-hybridized carbons (Fsp3) is 0.724. The molecule has 0 aromatic rings. The van der Waals surface area contributed by atoms with Crippen LogP contribution in [0.2, 0.25) is 0 Å². The molecule has 9 nitrogen and oxygen atoms in total. The highest BCUT2D eigenvalue weighted by molar-refractivity contribution is 7.45. The van der Waals surface area contributed by atoms with Crippen LogP contribution in [0.15, 0.2) is 85.1 Å². The zero-order valence-corrected chi connectivity index (χ0v) is 45.2. The molecular weight excluding hydrogens is 870 g/mol. The van der Waals surface area contributed by atoms with E-state index in [2.05, 4.69) is 80.7 Å². The average Bonchev–Trinajstić information content (AvgIpc) is 3.30. The van der Waals surface area contributed by atoms with Crippen LogP contribution in [-0.2, 0) is 32.7 Å². The monoisotopic (exact) mass is 972 g/mol. The van der Waals surface area contributed by atoms with Crippen molar-refractivity contribution in [2.24, 2.45) is 0 Å². The van der Waals surface area contributed by atoms with Gasteiger partial charge in [0.15, 0.2) is 6.10 Å². The molecule has 0 aliphatic heterocycles. The summed E-state index contributed by atoms with van der Waals surface area (Å²) in [5.41, 5.74) is 0. The van der Waals surface area contributed by atoms with E-state index in [0.29, 0.717) is 23.9 Å². The second-order valence-electron chi connectivity index (χ2n) is 19.2. The average molecular weight is 972 g/mol. The van der Waals surface area contributed by atoms with Crippen molar-refractivity contribution in [1.82, 2.24) is 0 Å². The lowest BCUT2D eigenvalue weighted by molar-refractivity contribution is -0.870. The van der Waals surface area contributed by atoms with Gasteiger partial charge in [0.1, 0.15) is 19.8 Å². The minimum absolute atomic E-state index is 0.00969. The van der Waals surface area contributed by atoms with Gasteiger partial charge in [-0.2, -0.15) is 0 Å². The number of allylic oxidation sites excluding steroid dienone is 13. The minimum atomic E-state index is -4.66. The van der Waals surface area contributed by atoms with Gasteiger partial charge in [0.2, 0.25) is 0 Å². The molecule has 0 heterocycles. The van der Waals surface area contributed by atoms with Crippen molar-refractivity contribution in [2.75, 3.05) is 47.5 Å². The van der Waals surface area contributed by atoms with Gasteiger partial charge in [0.05, 0.1) is 34.2 Å². The molecule has 0 spiro atoms. The van der Waals surface area contributed by atoms with Gasteiger partial charge < -0.3 is 27.9 Å². The molecule has 0 N–H and O–H groups in total. The lowest BCUT2D eigenvalue weighted by Crippen LogP contribution is -2.37. The third-order valence-corrected chi connectivity index (χ3v) is 12.4. The number of quaternary nitrogens is 1. The first-order chi connectivity index (χ1) is 33.0. The molecule has 0 saturated heterocycles. The number of carbonyl (C=O) groups excluding carboxylic acids is 2. The van der Waals surface area contributed by atoms with E-state index in [0.717, 1.165) is 44.9 Å². The number of likely N-dealkylation sites (N-methyl/N-ethyl adjacent to an activating group) is 1. The van der Waals surface area contributed by atoms with E-state index in [1.54, 1.807) is 6.08 Å². The van der Waals surface area contributed by atoms with Gasteiger partial charge in [-0.3, -0.25) is 14.2 Å². The highest BCUT2D eigenvalue weighted by Gasteiger charge is 2.21. The Labute approximate surface area is 418 Å². The first-order valence-corrected chi connectivity index (χ1v) is 28.8. The SMILES string of the molecule is CC/C=C\C/C=C\C/C=C\C/C=C\C/C=C\CC(=O)OC(COC(=O)CCCCCCCCCCCCCCCCCCC/C=C\C/C=C\CCCCCCC)COP(=O)([O-])OCC[N+](C)(C)C. The predicted octanol–water partition coefficient (Wildman–Crippen LogP) is 16.1. The number of esters is 2. The fourth-order valence-electron chi connectivity index (χ4n) is 7.23. The Kier molecular flexibility index (Phi) is 47.2. The second-order valence-corrected chi connectivity index (χ2v) is 20.6. The van der Waals surface area contributed by atoms with Gasteiger partial charge >= 0.3 is 11.9 Å². The molecule has 392 valence electrons. The van der Waals surface area contributed by atoms with Gasteiger partial charge in [-0.05, 0) is 70.6 Å². The first kappa shape index (κ1) is 65.2. The summed E-state index contributed by atoms with van der Waals surface area (Å²) in [6.07, 6.45) is 65.3. The van der Waals surface area contributed by atoms with E-state index in [1.165, 1.54) is 135 Å². The van der Waals surface area contributed by atoms with Crippen molar-refractivity contribution >= 4 is 19.8 Å². The molecule has 2 atom stereocenters. The van der Waals surface area contributed by atoms with Gasteiger partial charge in [-0.25, -0.2) is 0 Å². The van der Waals surface area contributed by atoms with Crippen LogP contribution in [0, 0.1) is 0 Å². The van der Waals surface area contributed by atoms with Crippen LogP contribution < -0.4 is 4.89 Å². The fourth-order valence-corrected chi connectivity index (χ4v) is 7.96. The highest BCUT2D eigenvalue weighted by atomic mass is 31.2. The normalized spacial score (nSPS) is 14.0. The summed E-state index contributed by atoms with van der Waals surface area (Å²) >= 11 is 0. The van der Waals surface area contributed by atoms with Crippen LogP contribution >= 0.6 is 7.82 Å². The van der Waals surface area contributed by atoms with Gasteiger partial charge in [-0.1, -0.05) is 221 Å². The van der Waals surface area contributed by atoms with Crippen molar-refractivity contribution in [3.05, 3.63) is 85.1 Å². The lowest BCUT2D eigenvalue weighted by Gasteiger charge is -2.28. The van der Waals surface area contributed by atoms with Crippen molar-refractivity contribution < 1.29 is 42.1 Å². The predicted molar refractivity (Wildman–Crippen MR) is 286 cm³/mol. The molecule has 0 bridgehead atoms. The number of hydrogen-bond acceptors (Lipinski definition) is 8. The van der Waals surface area contributed by atoms with E-state index >= 15 is 0 Å². The topological polar surface area (TPSA) is 111 Å². The number of phosphoric acid groups is 1. The maximum atomic E-state index is 12.7. The molecule has 0 radical (unpaired) electrons. The van der Waals surface area contributed by atoms with Crippen LogP contribution in [0.1, 0.15) is 219 Å². The number of nitrogens with zero attached hydrogens (tertiary/aromatic N) is 1. The summed E-state index contributed by atoms with van der Waals surface area (Å²) in [5.74, 6) is -0.981. The first-order valence-electron chi connectivity index (χ1n) is 27.3. The molecule has 68 heavy (non-hydrogen) atoms. The summed E-state index contributed by atoms with van der Waals surface area (Å²) in [6.45, 7) is 4.00. The number of hydrogen-bond donors (Lipinski definition) is 0. The quantitative estimate of drug-likeness (QED) is 0.0195. The summed E-state index contributed by atoms with van der Waals surface area (Å²) in [5, 5.41) is 0. The van der Waals surface area contributed by atoms with E-state index in [9.17, 15) is 19.0 Å². The van der Waals surface area contributed by atoms with Crippen LogP contribution in [0.25, 0.3) is 0 Å². The van der Waals surface area contributed by atoms with Gasteiger partial charge in [-0.15, -0.1) is 0 Å². The van der Waals surface area contributed by atoms with Crippen molar-refractivity contribution in [2.45, 2.75) is 225 Å². The molecule has 0 aromatic carbocycles. The molecule has 0 saturated carbocycles. The molecule has 0 aliphatic rings. The van der Waals surface area contributed by atoms with E-state index in [4.69, 9.17) is 18.5 Å². The zero-order valence-electron chi connectivity index (χ0n) is 44.3. The van der Waals surface area contributed by atoms with Crippen LogP contribution in [0.4, 0.5) is 0 Å². The Bertz CT molecular complexity index is 1420. The number of carbonyl (C=O) groups is 2. The number of unbranched alkanes of at least 4 members (excludes halogenated alkanes) is 22. The Morgan fingerprint density at radius 2 is 0.882 bits per heavy atom. The smallest absolute Gasteiger partial charge is 0.310 e. The largest absolute Gasteiger partial charge is 0.756 e. The number of ether oxygens (including phenoxy) is 2. The molecular formula is C58H102NO8P. The second kappa shape index (κ2) is 49.2. The van der Waals surface area contributed by atoms with Crippen molar-refractivity contribution in [1.29, 1.82) is 0 Å². The Morgan fingerprint density at radius 1 is 0.485 bits per heavy atom. The molecule has 10 heteroatoms. The molecule has 2 unspecified atom stereocenters. The van der Waals surface area contributed by atoms with Crippen molar-refractivity contribution in [3.8, 4) is 0 Å². The summed E-state index contributed by atoms with van der Waals surface area (Å²) in [6, 6.07) is 0. The van der Waals surface area contributed by atoms with E-state index in [-0.39, 0.29) is 26.1 Å². The Balaban J connectivity index is 4.16. The molecule has 0 fully saturated rings. The Morgan fingerprint density at radius 3 is 1.32 bits per heavy atom. The summed E-state index contributed by atoms with van der Waals surface area (Å²) in [7, 11) is 1.10. The van der Waals surface area contributed by atoms with Crippen molar-refractivity contribution in [3.63, 3.8) is 0 Å². The standard InChI is InChI=1S/C58H102NO8P/c1-6-8-10-12-14-16-18-20-22-23-24-25-26-27-28-29-30-31-32-33-34-35-37-38-40-42-44-46-48-50-57(60)64-54-56(55-66-68(62,63)65-53-52-59(3,4)5)67-58(61)51-49-47-45-43-41-39-36-21-19-17-15-13-11-9-7-2/h9,11,15,17-18,20-21,23-24,36,41,43,47,49,56H,6-8,10,12-14,16,19,22,25-35,37-40,42,44-46,48,50-55H2,1-5H3/b11-9-,17-15-,20-18-,24-23-,36-21-,43-41-,49-47-. The molecule has 0 aliphatic carbocycles. The van der Waals surface area contributed by atoms with E-state index in [1.807, 2.05) is 33.3 Å². The maximum Gasteiger partial charge on any atom is 0.310 e. The minimum Gasteiger partial charge on any atom is -0.756 e. The molecule has 0 rings (SSSR count). The third kappa shape index (κ3) is 52.6. The van der Waals surface area contributed by atoms with Gasteiger partial charge in [0.25, 0.3) is 7.82 Å². The van der Waals surface area contributed by atoms with Crippen LogP contribution in [-0.4, -0.2) is 70.0 Å². The van der Waals surface area contributed by atoms with Crippen LogP contribution in [0.5, 0.6) is 0 Å². The third-order valence-electron chi connectivity index (χ3n) is 11.4. The lowest BCUT2D eigenvalue weighted by atomic mass is 10.0. The highest BCUT2D eigenvalue weighted by Crippen LogP contribution is 2.38. The van der Waals surface area contributed by atoms with Gasteiger partial charge in [0, 0.05) is 6.42 Å². The Hall–Kier alpha value is -2.81. The maximum absolute atomic E-state index is 12.7. The number of rotatable bonds is 49. The summed E-state index contributed by atoms with van der Waals surface area (Å²) < 4.78 is 33.9. The summed E-state index contributed by atoms with van der Waals surface area (Å²) in [4.78, 5) is 37.7. The van der Waals surface area contributed by atoms with Crippen LogP contribution in [0.3, 0.4) is 0 Å². The molecule has 0 aromatic heterocycles. The van der Waals surface area contributed by atoms with E-state index < -0.39 is 32.5 Å². The zero-order chi connectivity index (χ0) is 49.9. The molecule has 0 amide bonds.